The summed E-state index contributed by atoms with van der Waals surface area (Å²) in [5, 5.41) is 15.9. The minimum absolute atomic E-state index is 0.0636. The zero-order valence-electron chi connectivity index (χ0n) is 24.4. The number of pyridine rings is 1. The molecule has 0 spiro atoms. The Labute approximate surface area is 254 Å². The van der Waals surface area contributed by atoms with Crippen molar-refractivity contribution in [2.45, 2.75) is 31.4 Å². The monoisotopic (exact) mass is 591 g/mol. The highest BCUT2D eigenvalue weighted by Gasteiger charge is 2.42. The Balaban J connectivity index is 1.06. The molecule has 1 aromatic heterocycles. The van der Waals surface area contributed by atoms with Gasteiger partial charge in [0.05, 0.1) is 33.8 Å². The molecule has 10 nitrogen and oxygen atoms in total. The van der Waals surface area contributed by atoms with Gasteiger partial charge in [-0.3, -0.25) is 24.3 Å². The van der Waals surface area contributed by atoms with Crippen LogP contribution in [0.2, 0.25) is 0 Å². The van der Waals surface area contributed by atoms with Gasteiger partial charge < -0.3 is 25.0 Å². The van der Waals surface area contributed by atoms with E-state index < -0.39 is 6.10 Å². The Bertz CT molecular complexity index is 1870. The van der Waals surface area contributed by atoms with E-state index in [0.717, 1.165) is 42.3 Å². The Hall–Kier alpha value is -4.80. The number of carbonyl (C=O) groups is 2. The van der Waals surface area contributed by atoms with Gasteiger partial charge in [-0.15, -0.1) is 0 Å². The van der Waals surface area contributed by atoms with Gasteiger partial charge in [-0.05, 0) is 68.2 Å². The molecule has 4 heterocycles. The highest BCUT2D eigenvalue weighted by Crippen LogP contribution is 2.37. The number of anilines is 1. The molecule has 224 valence electrons. The summed E-state index contributed by atoms with van der Waals surface area (Å²) < 4.78 is 5.93. The number of hydrogen-bond acceptors (Lipinski definition) is 8. The molecule has 4 aromatic rings. The minimum Gasteiger partial charge on any atom is -0.490 e. The van der Waals surface area contributed by atoms with Crippen molar-refractivity contribution in [1.82, 2.24) is 14.8 Å². The van der Waals surface area contributed by atoms with Gasteiger partial charge >= 0.3 is 0 Å². The van der Waals surface area contributed by atoms with Gasteiger partial charge in [0.15, 0.2) is 0 Å². The number of carbonyl (C=O) groups excluding carboxylic acids is 2. The molecule has 7 rings (SSSR count). The number of piperidine rings is 1. The Morgan fingerprint density at radius 2 is 1.77 bits per heavy atom. The van der Waals surface area contributed by atoms with E-state index in [1.54, 1.807) is 24.4 Å². The van der Waals surface area contributed by atoms with Crippen LogP contribution in [0.25, 0.3) is 10.8 Å². The number of aliphatic hydroxyl groups excluding tert-OH is 1. The summed E-state index contributed by atoms with van der Waals surface area (Å²) >= 11 is 0. The van der Waals surface area contributed by atoms with E-state index >= 15 is 0 Å². The third kappa shape index (κ3) is 5.06. The SMILES string of the molecule is CN1CCC(N2C(=O)c3cc4c(cc3C2=O)N=C(c2c(NCC(O)COc3cccc5ccccc35)cc[nH]c2=O)C4)CC1. The molecule has 3 aromatic carbocycles. The molecule has 0 bridgehead atoms. The van der Waals surface area contributed by atoms with Gasteiger partial charge in [0.1, 0.15) is 18.5 Å². The second-order valence-corrected chi connectivity index (χ2v) is 11.7. The Morgan fingerprint density at radius 1 is 1.02 bits per heavy atom. The van der Waals surface area contributed by atoms with E-state index in [2.05, 4.69) is 15.2 Å². The molecule has 44 heavy (non-hydrogen) atoms. The average molecular weight is 592 g/mol. The predicted molar refractivity (Wildman–Crippen MR) is 168 cm³/mol. The largest absolute Gasteiger partial charge is 0.490 e. The fourth-order valence-corrected chi connectivity index (χ4v) is 6.39. The molecule has 1 fully saturated rings. The van der Waals surface area contributed by atoms with Crippen molar-refractivity contribution >= 4 is 39.7 Å². The maximum absolute atomic E-state index is 13.4. The normalized spacial score (nSPS) is 17.5. The first-order chi connectivity index (χ1) is 21.4. The second kappa shape index (κ2) is 11.4. The number of H-pyrrole nitrogens is 1. The molecule has 2 amide bonds. The van der Waals surface area contributed by atoms with Gasteiger partial charge in [0.25, 0.3) is 17.4 Å². The number of benzene rings is 3. The molecule has 0 aliphatic carbocycles. The van der Waals surface area contributed by atoms with E-state index in [9.17, 15) is 19.5 Å². The Kier molecular flexibility index (Phi) is 7.23. The predicted octanol–water partition coefficient (Wildman–Crippen LogP) is 3.75. The van der Waals surface area contributed by atoms with Gasteiger partial charge in [0, 0.05) is 30.6 Å². The highest BCUT2D eigenvalue weighted by molar-refractivity contribution is 6.22. The quantitative estimate of drug-likeness (QED) is 0.267. The van der Waals surface area contributed by atoms with Crippen molar-refractivity contribution in [3.63, 3.8) is 0 Å². The van der Waals surface area contributed by atoms with Crippen LogP contribution in [0.1, 0.15) is 44.7 Å². The van der Waals surface area contributed by atoms with Crippen molar-refractivity contribution in [1.29, 1.82) is 0 Å². The van der Waals surface area contributed by atoms with Crippen LogP contribution in [-0.4, -0.2) is 82.9 Å². The summed E-state index contributed by atoms with van der Waals surface area (Å²) in [7, 11) is 2.04. The second-order valence-electron chi connectivity index (χ2n) is 11.7. The van der Waals surface area contributed by atoms with Crippen molar-refractivity contribution in [3.05, 3.63) is 99.5 Å². The third-order valence-electron chi connectivity index (χ3n) is 8.74. The number of nitrogens with one attached hydrogen (secondary N) is 2. The van der Waals surface area contributed by atoms with E-state index in [0.29, 0.717) is 45.9 Å². The first kappa shape index (κ1) is 28.0. The van der Waals surface area contributed by atoms with Gasteiger partial charge in [-0.25, -0.2) is 0 Å². The van der Waals surface area contributed by atoms with Crippen LogP contribution in [0.15, 0.2) is 76.6 Å². The fraction of sp³-hybridized carbons (Fsp3) is 0.294. The number of aromatic amines is 1. The van der Waals surface area contributed by atoms with Crippen LogP contribution in [0.5, 0.6) is 5.75 Å². The number of aliphatic hydroxyl groups is 1. The maximum atomic E-state index is 13.4. The molecule has 0 saturated carbocycles. The summed E-state index contributed by atoms with van der Waals surface area (Å²) in [4.78, 5) is 50.8. The maximum Gasteiger partial charge on any atom is 0.261 e. The number of likely N-dealkylation sites (tertiary alicyclic amines) is 1. The van der Waals surface area contributed by atoms with E-state index in [1.807, 2.05) is 49.5 Å². The summed E-state index contributed by atoms with van der Waals surface area (Å²) in [5.74, 6) is 0.163. The summed E-state index contributed by atoms with van der Waals surface area (Å²) in [6.07, 6.45) is 2.56. The molecule has 1 atom stereocenters. The van der Waals surface area contributed by atoms with Crippen molar-refractivity contribution in [3.8, 4) is 5.75 Å². The number of aromatic nitrogens is 1. The van der Waals surface area contributed by atoms with Crippen molar-refractivity contribution < 1.29 is 19.4 Å². The number of fused-ring (bicyclic) bond motifs is 3. The van der Waals surface area contributed by atoms with E-state index in [-0.39, 0.29) is 36.6 Å². The molecule has 3 N–H and O–H groups in total. The molecular formula is C34H33N5O5. The average Bonchev–Trinajstić information content (AvgIpc) is 3.55. The van der Waals surface area contributed by atoms with Crippen LogP contribution in [0.4, 0.5) is 11.4 Å². The van der Waals surface area contributed by atoms with Gasteiger partial charge in [-0.2, -0.15) is 0 Å². The van der Waals surface area contributed by atoms with Gasteiger partial charge in [-0.1, -0.05) is 36.4 Å². The van der Waals surface area contributed by atoms with Crippen LogP contribution in [0, 0.1) is 0 Å². The van der Waals surface area contributed by atoms with Gasteiger partial charge in [0.2, 0.25) is 0 Å². The van der Waals surface area contributed by atoms with Crippen molar-refractivity contribution in [2.24, 2.45) is 4.99 Å². The number of ether oxygens (including phenoxy) is 1. The third-order valence-corrected chi connectivity index (χ3v) is 8.74. The van der Waals surface area contributed by atoms with Crippen LogP contribution in [0.3, 0.4) is 0 Å². The van der Waals surface area contributed by atoms with Crippen molar-refractivity contribution in [2.75, 3.05) is 38.6 Å². The minimum atomic E-state index is -0.851. The van der Waals surface area contributed by atoms with Crippen LogP contribution in [-0.2, 0) is 6.42 Å². The topological polar surface area (TPSA) is 127 Å². The number of imide groups is 1. The van der Waals surface area contributed by atoms with E-state index in [1.165, 1.54) is 4.90 Å². The number of amides is 2. The summed E-state index contributed by atoms with van der Waals surface area (Å²) in [6.45, 7) is 1.90. The number of nitrogens with zero attached hydrogens (tertiary/aromatic N) is 3. The lowest BCUT2D eigenvalue weighted by molar-refractivity contribution is 0.0516. The standard InChI is InChI=1S/C34H33N5O5/c1-38-13-10-22(11-14-38)39-33(42)25-15-21-16-29(37-28(21)17-26(25)34(39)43)31-27(9-12-35-32(31)41)36-18-23(40)19-44-30-8-4-6-20-5-2-3-7-24(20)30/h2-9,12,15,17,22-23,40H,10-11,13-14,16,18-19H2,1H3,(H2,35,36,41). The number of hydrogen-bond donors (Lipinski definition) is 3. The number of rotatable bonds is 8. The summed E-state index contributed by atoms with van der Waals surface area (Å²) in [6, 6.07) is 18.8. The summed E-state index contributed by atoms with van der Waals surface area (Å²) in [5.41, 5.74) is 3.24. The fourth-order valence-electron chi connectivity index (χ4n) is 6.39. The molecular weight excluding hydrogens is 558 g/mol. The molecule has 3 aliphatic heterocycles. The molecule has 10 heteroatoms. The Morgan fingerprint density at radius 3 is 2.59 bits per heavy atom. The smallest absolute Gasteiger partial charge is 0.261 e. The zero-order chi connectivity index (χ0) is 30.4. The first-order valence-corrected chi connectivity index (χ1v) is 14.9. The molecule has 3 aliphatic rings. The molecule has 1 unspecified atom stereocenters. The van der Waals surface area contributed by atoms with E-state index in [4.69, 9.17) is 9.73 Å². The lowest BCUT2D eigenvalue weighted by atomic mass is 10.00. The molecule has 1 saturated heterocycles. The van der Waals surface area contributed by atoms with Crippen LogP contribution >= 0.6 is 0 Å². The van der Waals surface area contributed by atoms with Crippen LogP contribution < -0.4 is 15.6 Å². The zero-order valence-corrected chi connectivity index (χ0v) is 24.4. The number of aliphatic imine (C=N–C) groups is 1. The lowest BCUT2D eigenvalue weighted by Gasteiger charge is -2.33. The first-order valence-electron chi connectivity index (χ1n) is 14.9. The molecule has 0 radical (unpaired) electrons. The lowest BCUT2D eigenvalue weighted by Crippen LogP contribution is -2.46. The highest BCUT2D eigenvalue weighted by atomic mass is 16.5.